The molecule has 2 aromatic carbocycles. The first-order valence-electron chi connectivity index (χ1n) is 8.12. The Labute approximate surface area is 156 Å². The molecule has 3 nitrogen and oxygen atoms in total. The number of thiazole rings is 1. The van der Waals surface area contributed by atoms with Crippen LogP contribution in [-0.2, 0) is 4.79 Å². The summed E-state index contributed by atoms with van der Waals surface area (Å²) in [4.78, 5) is 16.7. The number of aromatic nitrogens is 1. The van der Waals surface area contributed by atoms with Gasteiger partial charge in [0.2, 0.25) is 5.91 Å². The molecule has 3 aromatic rings. The molecule has 1 N–H and O–H groups in total. The number of nitrogens with one attached hydrogen (secondary N) is 1. The second-order valence-corrected chi connectivity index (χ2v) is 8.08. The molecular formula is C20H20N2OS2. The molecule has 0 unspecified atom stereocenters. The van der Waals surface area contributed by atoms with E-state index in [1.165, 1.54) is 5.56 Å². The van der Waals surface area contributed by atoms with E-state index in [2.05, 4.69) is 46.9 Å². The summed E-state index contributed by atoms with van der Waals surface area (Å²) in [6.45, 7) is 4.09. The maximum atomic E-state index is 12.0. The lowest BCUT2D eigenvalue weighted by Crippen LogP contribution is -2.12. The highest BCUT2D eigenvalue weighted by molar-refractivity contribution is 8.01. The Morgan fingerprint density at radius 2 is 1.92 bits per heavy atom. The maximum absolute atomic E-state index is 12.0. The average Bonchev–Trinajstić information content (AvgIpc) is 3.04. The SMILES string of the molecule is Cc1ccc(-c2csc(SCCC(=O)Nc3cccc(C)c3)n2)cc1. The second-order valence-electron chi connectivity index (χ2n) is 5.88. The number of aryl methyl sites for hydroxylation is 2. The lowest BCUT2D eigenvalue weighted by molar-refractivity contribution is -0.115. The normalized spacial score (nSPS) is 10.6. The van der Waals surface area contributed by atoms with Crippen molar-refractivity contribution in [3.8, 4) is 11.3 Å². The molecule has 0 aliphatic carbocycles. The molecule has 0 spiro atoms. The van der Waals surface area contributed by atoms with E-state index in [0.29, 0.717) is 6.42 Å². The number of nitrogens with zero attached hydrogens (tertiary/aromatic N) is 1. The minimum Gasteiger partial charge on any atom is -0.326 e. The van der Waals surface area contributed by atoms with Gasteiger partial charge in [-0.25, -0.2) is 4.98 Å². The van der Waals surface area contributed by atoms with Gasteiger partial charge >= 0.3 is 0 Å². The summed E-state index contributed by atoms with van der Waals surface area (Å²) in [5, 5.41) is 5.01. The van der Waals surface area contributed by atoms with E-state index in [1.54, 1.807) is 23.1 Å². The predicted octanol–water partition coefficient (Wildman–Crippen LogP) is 5.55. The summed E-state index contributed by atoms with van der Waals surface area (Å²) in [6.07, 6.45) is 0.470. The highest BCUT2D eigenvalue weighted by Gasteiger charge is 2.07. The zero-order valence-electron chi connectivity index (χ0n) is 14.3. The van der Waals surface area contributed by atoms with Crippen LogP contribution in [0.1, 0.15) is 17.5 Å². The second kappa shape index (κ2) is 8.32. The third-order valence-electron chi connectivity index (χ3n) is 3.69. The third kappa shape index (κ3) is 5.18. The van der Waals surface area contributed by atoms with Crippen LogP contribution in [0.2, 0.25) is 0 Å². The van der Waals surface area contributed by atoms with Gasteiger partial charge in [-0.3, -0.25) is 4.79 Å². The first-order chi connectivity index (χ1) is 12.1. The van der Waals surface area contributed by atoms with Crippen LogP contribution < -0.4 is 5.32 Å². The molecule has 1 amide bonds. The molecular weight excluding hydrogens is 348 g/mol. The largest absolute Gasteiger partial charge is 0.326 e. The number of benzene rings is 2. The van der Waals surface area contributed by atoms with Crippen molar-refractivity contribution in [1.82, 2.24) is 4.98 Å². The monoisotopic (exact) mass is 368 g/mol. The van der Waals surface area contributed by atoms with E-state index in [1.807, 2.05) is 31.2 Å². The fourth-order valence-corrected chi connectivity index (χ4v) is 4.20. The molecule has 5 heteroatoms. The van der Waals surface area contributed by atoms with Crippen LogP contribution >= 0.6 is 23.1 Å². The van der Waals surface area contributed by atoms with Crippen molar-refractivity contribution in [2.75, 3.05) is 11.1 Å². The number of hydrogen-bond acceptors (Lipinski definition) is 4. The molecule has 128 valence electrons. The standard InChI is InChI=1S/C20H20N2OS2/c1-14-6-8-16(9-7-14)18-13-25-20(22-18)24-11-10-19(23)21-17-5-3-4-15(2)12-17/h3-9,12-13H,10-11H2,1-2H3,(H,21,23). The lowest BCUT2D eigenvalue weighted by atomic mass is 10.1. The summed E-state index contributed by atoms with van der Waals surface area (Å²) < 4.78 is 0.999. The molecule has 0 saturated carbocycles. The quantitative estimate of drug-likeness (QED) is 0.580. The zero-order chi connectivity index (χ0) is 17.6. The van der Waals surface area contributed by atoms with Gasteiger partial charge in [0.25, 0.3) is 0 Å². The van der Waals surface area contributed by atoms with Crippen molar-refractivity contribution in [3.05, 3.63) is 65.0 Å². The van der Waals surface area contributed by atoms with Gasteiger partial charge in [0.05, 0.1) is 5.69 Å². The number of rotatable bonds is 6. The smallest absolute Gasteiger partial charge is 0.225 e. The van der Waals surface area contributed by atoms with Crippen molar-refractivity contribution in [2.45, 2.75) is 24.6 Å². The summed E-state index contributed by atoms with van der Waals surface area (Å²) in [5.41, 5.74) is 5.36. The summed E-state index contributed by atoms with van der Waals surface area (Å²) in [7, 11) is 0. The van der Waals surface area contributed by atoms with Crippen molar-refractivity contribution in [3.63, 3.8) is 0 Å². The fraction of sp³-hybridized carbons (Fsp3) is 0.200. The van der Waals surface area contributed by atoms with Gasteiger partial charge in [0, 0.05) is 28.8 Å². The number of thioether (sulfide) groups is 1. The van der Waals surface area contributed by atoms with E-state index < -0.39 is 0 Å². The van der Waals surface area contributed by atoms with Crippen molar-refractivity contribution >= 4 is 34.7 Å². The van der Waals surface area contributed by atoms with Crippen molar-refractivity contribution in [1.29, 1.82) is 0 Å². The Kier molecular flexibility index (Phi) is 5.89. The molecule has 0 aliphatic rings. The minimum absolute atomic E-state index is 0.0356. The number of amides is 1. The first-order valence-corrected chi connectivity index (χ1v) is 9.98. The van der Waals surface area contributed by atoms with E-state index in [-0.39, 0.29) is 5.91 Å². The molecule has 0 saturated heterocycles. The number of hydrogen-bond donors (Lipinski definition) is 1. The van der Waals surface area contributed by atoms with Crippen LogP contribution in [0, 0.1) is 13.8 Å². The predicted molar refractivity (Wildman–Crippen MR) is 107 cm³/mol. The van der Waals surface area contributed by atoms with Crippen molar-refractivity contribution in [2.24, 2.45) is 0 Å². The molecule has 0 atom stereocenters. The molecule has 0 bridgehead atoms. The van der Waals surface area contributed by atoms with E-state index in [4.69, 9.17) is 0 Å². The highest BCUT2D eigenvalue weighted by Crippen LogP contribution is 2.28. The molecule has 1 aromatic heterocycles. The van der Waals surface area contributed by atoms with Gasteiger partial charge in [-0.1, -0.05) is 53.7 Å². The Bertz CT molecular complexity index is 856. The van der Waals surface area contributed by atoms with Crippen LogP contribution in [0.5, 0.6) is 0 Å². The van der Waals surface area contributed by atoms with Gasteiger partial charge in [0.15, 0.2) is 4.34 Å². The summed E-state index contributed by atoms with van der Waals surface area (Å²) in [5.74, 6) is 0.756. The van der Waals surface area contributed by atoms with Crippen LogP contribution in [0.25, 0.3) is 11.3 Å². The van der Waals surface area contributed by atoms with Gasteiger partial charge in [-0.05, 0) is 31.5 Å². The molecule has 3 rings (SSSR count). The molecule has 0 radical (unpaired) electrons. The zero-order valence-corrected chi connectivity index (χ0v) is 15.9. The van der Waals surface area contributed by atoms with Crippen LogP contribution in [0.4, 0.5) is 5.69 Å². The highest BCUT2D eigenvalue weighted by atomic mass is 32.2. The van der Waals surface area contributed by atoms with E-state index >= 15 is 0 Å². The summed E-state index contributed by atoms with van der Waals surface area (Å²) >= 11 is 3.25. The Hall–Kier alpha value is -2.11. The molecule has 0 fully saturated rings. The first kappa shape index (κ1) is 17.7. The number of carbonyl (C=O) groups excluding carboxylic acids is 1. The Balaban J connectivity index is 1.49. The Morgan fingerprint density at radius 1 is 1.12 bits per heavy atom. The lowest BCUT2D eigenvalue weighted by Gasteiger charge is -2.05. The maximum Gasteiger partial charge on any atom is 0.225 e. The van der Waals surface area contributed by atoms with Gasteiger partial charge < -0.3 is 5.32 Å². The van der Waals surface area contributed by atoms with Crippen LogP contribution in [-0.4, -0.2) is 16.6 Å². The molecule has 0 aliphatic heterocycles. The number of anilines is 1. The fourth-order valence-electron chi connectivity index (χ4n) is 2.36. The molecule has 25 heavy (non-hydrogen) atoms. The van der Waals surface area contributed by atoms with Gasteiger partial charge in [-0.2, -0.15) is 0 Å². The molecule has 1 heterocycles. The van der Waals surface area contributed by atoms with Crippen LogP contribution in [0.15, 0.2) is 58.3 Å². The van der Waals surface area contributed by atoms with Crippen LogP contribution in [0.3, 0.4) is 0 Å². The van der Waals surface area contributed by atoms with Gasteiger partial charge in [0.1, 0.15) is 0 Å². The van der Waals surface area contributed by atoms with E-state index in [9.17, 15) is 4.79 Å². The summed E-state index contributed by atoms with van der Waals surface area (Å²) in [6, 6.07) is 16.2. The third-order valence-corrected chi connectivity index (χ3v) is 5.71. The van der Waals surface area contributed by atoms with Gasteiger partial charge in [-0.15, -0.1) is 11.3 Å². The Morgan fingerprint density at radius 3 is 2.68 bits per heavy atom. The number of carbonyl (C=O) groups is 1. The van der Waals surface area contributed by atoms with Crippen molar-refractivity contribution < 1.29 is 4.79 Å². The van der Waals surface area contributed by atoms with E-state index in [0.717, 1.165) is 32.6 Å². The topological polar surface area (TPSA) is 42.0 Å². The average molecular weight is 369 g/mol. The minimum atomic E-state index is 0.0356.